The normalized spacial score (nSPS) is 15.2. The van der Waals surface area contributed by atoms with Crippen LogP contribution >= 0.6 is 0 Å². The van der Waals surface area contributed by atoms with Gasteiger partial charge < -0.3 is 14.7 Å². The molecule has 1 aliphatic rings. The summed E-state index contributed by atoms with van der Waals surface area (Å²) in [7, 11) is 2.21. The summed E-state index contributed by atoms with van der Waals surface area (Å²) < 4.78 is 0. The van der Waals surface area contributed by atoms with Crippen LogP contribution in [0.25, 0.3) is 23.1 Å². The summed E-state index contributed by atoms with van der Waals surface area (Å²) in [6.45, 7) is 11.1. The maximum Gasteiger partial charge on any atom is 0.0928 e. The highest BCUT2D eigenvalue weighted by atomic mass is 15.3. The standard InChI is InChI=1S/C27H37N5/c1-4-6-15-31(14-5-2)26-20-23-24(13-12-22-10-8-7-9-11-22)28-29-25(23)21-27(26)32-18-16-30(3)17-19-32/h7-13,20-21H,4-6,14-19H2,1-3H3,(H,28,29)/b13-12+. The minimum atomic E-state index is 1.00. The molecule has 5 nitrogen and oxygen atoms in total. The lowest BCUT2D eigenvalue weighted by Gasteiger charge is -2.37. The Morgan fingerprint density at radius 1 is 0.969 bits per heavy atom. The first-order valence-corrected chi connectivity index (χ1v) is 12.1. The lowest BCUT2D eigenvalue weighted by atomic mass is 10.1. The van der Waals surface area contributed by atoms with Crippen molar-refractivity contribution in [2.24, 2.45) is 0 Å². The van der Waals surface area contributed by atoms with E-state index >= 15 is 0 Å². The van der Waals surface area contributed by atoms with Gasteiger partial charge in [0.25, 0.3) is 0 Å². The maximum absolute atomic E-state index is 4.66. The van der Waals surface area contributed by atoms with Crippen molar-refractivity contribution in [3.63, 3.8) is 0 Å². The van der Waals surface area contributed by atoms with Crippen LogP contribution in [0.5, 0.6) is 0 Å². The molecule has 0 spiro atoms. The number of aromatic nitrogens is 2. The van der Waals surface area contributed by atoms with Gasteiger partial charge in [0.1, 0.15) is 0 Å². The summed E-state index contributed by atoms with van der Waals surface area (Å²) >= 11 is 0. The van der Waals surface area contributed by atoms with Crippen molar-refractivity contribution in [2.45, 2.75) is 33.1 Å². The largest absolute Gasteiger partial charge is 0.370 e. The molecule has 0 amide bonds. The summed E-state index contributed by atoms with van der Waals surface area (Å²) in [5.41, 5.74) is 6.00. The average molecular weight is 432 g/mol. The average Bonchev–Trinajstić information content (AvgIpc) is 3.23. The number of unbranched alkanes of at least 4 members (excludes halogenated alkanes) is 1. The van der Waals surface area contributed by atoms with E-state index < -0.39 is 0 Å². The van der Waals surface area contributed by atoms with Crippen molar-refractivity contribution in [1.82, 2.24) is 15.1 Å². The zero-order chi connectivity index (χ0) is 22.3. The second-order valence-corrected chi connectivity index (χ2v) is 8.87. The van der Waals surface area contributed by atoms with Gasteiger partial charge in [-0.25, -0.2) is 0 Å². The molecule has 1 N–H and O–H groups in total. The Bertz CT molecular complexity index is 1020. The highest BCUT2D eigenvalue weighted by Gasteiger charge is 2.21. The third-order valence-corrected chi connectivity index (χ3v) is 6.38. The molecule has 3 aromatic rings. The number of hydrogen-bond donors (Lipinski definition) is 1. The molecule has 0 saturated carbocycles. The van der Waals surface area contributed by atoms with Crippen LogP contribution in [0.1, 0.15) is 44.4 Å². The molecule has 170 valence electrons. The third-order valence-electron chi connectivity index (χ3n) is 6.38. The number of piperazine rings is 1. The van der Waals surface area contributed by atoms with Gasteiger partial charge in [-0.15, -0.1) is 0 Å². The summed E-state index contributed by atoms with van der Waals surface area (Å²) in [6, 6.07) is 15.1. The highest BCUT2D eigenvalue weighted by molar-refractivity contribution is 5.96. The number of H-pyrrole nitrogens is 1. The molecule has 5 heteroatoms. The smallest absolute Gasteiger partial charge is 0.0928 e. The fraction of sp³-hybridized carbons (Fsp3) is 0.444. The van der Waals surface area contributed by atoms with Crippen molar-refractivity contribution >= 4 is 34.4 Å². The van der Waals surface area contributed by atoms with Crippen LogP contribution < -0.4 is 9.80 Å². The third kappa shape index (κ3) is 5.16. The van der Waals surface area contributed by atoms with Crippen LogP contribution in [-0.4, -0.2) is 61.4 Å². The molecule has 1 aliphatic heterocycles. The Morgan fingerprint density at radius 3 is 2.47 bits per heavy atom. The molecule has 4 rings (SSSR count). The predicted octanol–water partition coefficient (Wildman–Crippen LogP) is 5.50. The SMILES string of the molecule is CCCCN(CCC)c1cc2c(/C=C/c3ccccc3)n[nH]c2cc1N1CCN(C)CC1. The minimum absolute atomic E-state index is 1.00. The summed E-state index contributed by atoms with van der Waals surface area (Å²) in [5, 5.41) is 9.15. The summed E-state index contributed by atoms with van der Waals surface area (Å²) in [6.07, 6.45) is 7.85. The monoisotopic (exact) mass is 431 g/mol. The molecular weight excluding hydrogens is 394 g/mol. The zero-order valence-electron chi connectivity index (χ0n) is 19.8. The molecular formula is C27H37N5. The molecule has 2 aromatic carbocycles. The van der Waals surface area contributed by atoms with Crippen molar-refractivity contribution in [2.75, 3.05) is 56.1 Å². The first-order chi connectivity index (χ1) is 15.7. The highest BCUT2D eigenvalue weighted by Crippen LogP contribution is 2.36. The molecule has 0 unspecified atom stereocenters. The zero-order valence-corrected chi connectivity index (χ0v) is 19.8. The maximum atomic E-state index is 4.66. The van der Waals surface area contributed by atoms with Crippen molar-refractivity contribution in [3.05, 3.63) is 53.7 Å². The van der Waals surface area contributed by atoms with Crippen LogP contribution in [0.15, 0.2) is 42.5 Å². The van der Waals surface area contributed by atoms with Crippen LogP contribution in [0.2, 0.25) is 0 Å². The Labute approximate surface area is 192 Å². The summed E-state index contributed by atoms with van der Waals surface area (Å²) in [5.74, 6) is 0. The first-order valence-electron chi connectivity index (χ1n) is 12.1. The Morgan fingerprint density at radius 2 is 1.75 bits per heavy atom. The topological polar surface area (TPSA) is 38.4 Å². The number of anilines is 2. The van der Waals surface area contributed by atoms with Gasteiger partial charge in [0, 0.05) is 44.7 Å². The van der Waals surface area contributed by atoms with E-state index in [2.05, 4.69) is 94.3 Å². The molecule has 1 aromatic heterocycles. The minimum Gasteiger partial charge on any atom is -0.370 e. The second-order valence-electron chi connectivity index (χ2n) is 8.87. The number of rotatable bonds is 9. The predicted molar refractivity (Wildman–Crippen MR) is 139 cm³/mol. The molecule has 1 saturated heterocycles. The van der Waals surface area contributed by atoms with Gasteiger partial charge in [-0.3, -0.25) is 5.10 Å². The van der Waals surface area contributed by atoms with Crippen LogP contribution in [-0.2, 0) is 0 Å². The van der Waals surface area contributed by atoms with Gasteiger partial charge >= 0.3 is 0 Å². The Balaban J connectivity index is 1.74. The van der Waals surface area contributed by atoms with E-state index in [1.165, 1.54) is 35.2 Å². The van der Waals surface area contributed by atoms with Gasteiger partial charge in [-0.05, 0) is 43.7 Å². The number of fused-ring (bicyclic) bond motifs is 1. The van der Waals surface area contributed by atoms with Crippen LogP contribution in [0.4, 0.5) is 11.4 Å². The molecule has 0 radical (unpaired) electrons. The summed E-state index contributed by atoms with van der Waals surface area (Å²) in [4.78, 5) is 7.57. The fourth-order valence-electron chi connectivity index (χ4n) is 4.45. The second kappa shape index (κ2) is 10.7. The van der Waals surface area contributed by atoms with E-state index in [0.29, 0.717) is 0 Å². The number of aromatic amines is 1. The van der Waals surface area contributed by atoms with Gasteiger partial charge in [-0.2, -0.15) is 5.10 Å². The number of nitrogens with zero attached hydrogens (tertiary/aromatic N) is 4. The molecule has 0 atom stereocenters. The molecule has 1 fully saturated rings. The van der Waals surface area contributed by atoms with E-state index in [-0.39, 0.29) is 0 Å². The van der Waals surface area contributed by atoms with E-state index in [0.717, 1.165) is 56.9 Å². The van der Waals surface area contributed by atoms with Gasteiger partial charge in [0.05, 0.1) is 22.6 Å². The van der Waals surface area contributed by atoms with E-state index in [1.54, 1.807) is 0 Å². The molecule has 0 bridgehead atoms. The molecule has 32 heavy (non-hydrogen) atoms. The lowest BCUT2D eigenvalue weighted by Crippen LogP contribution is -2.45. The van der Waals surface area contributed by atoms with E-state index in [9.17, 15) is 0 Å². The van der Waals surface area contributed by atoms with Gasteiger partial charge in [-0.1, -0.05) is 56.7 Å². The molecule has 0 aliphatic carbocycles. The number of nitrogens with one attached hydrogen (secondary N) is 1. The number of benzene rings is 2. The van der Waals surface area contributed by atoms with E-state index in [1.807, 2.05) is 6.07 Å². The number of likely N-dealkylation sites (N-methyl/N-ethyl adjacent to an activating group) is 1. The Hall–Kier alpha value is -2.79. The van der Waals surface area contributed by atoms with E-state index in [4.69, 9.17) is 0 Å². The van der Waals surface area contributed by atoms with Crippen LogP contribution in [0, 0.1) is 0 Å². The van der Waals surface area contributed by atoms with Crippen molar-refractivity contribution in [3.8, 4) is 0 Å². The van der Waals surface area contributed by atoms with Gasteiger partial charge in [0.15, 0.2) is 0 Å². The Kier molecular flexibility index (Phi) is 7.48. The van der Waals surface area contributed by atoms with Crippen molar-refractivity contribution in [1.29, 1.82) is 0 Å². The van der Waals surface area contributed by atoms with Crippen molar-refractivity contribution < 1.29 is 0 Å². The number of hydrogen-bond acceptors (Lipinski definition) is 4. The first kappa shape index (κ1) is 22.4. The quantitative estimate of drug-likeness (QED) is 0.485. The van der Waals surface area contributed by atoms with Gasteiger partial charge in [0.2, 0.25) is 0 Å². The fourth-order valence-corrected chi connectivity index (χ4v) is 4.45. The molecule has 2 heterocycles. The van der Waals surface area contributed by atoms with Crippen LogP contribution in [0.3, 0.4) is 0 Å². The lowest BCUT2D eigenvalue weighted by molar-refractivity contribution is 0.313.